The minimum Gasteiger partial charge on any atom is -0.460 e. The van der Waals surface area contributed by atoms with Crippen LogP contribution in [0.2, 0.25) is 0 Å². The molecule has 0 aliphatic carbocycles. The Labute approximate surface area is 94.8 Å². The molecule has 5 nitrogen and oxygen atoms in total. The minimum absolute atomic E-state index is 0.180. The van der Waals surface area contributed by atoms with Gasteiger partial charge >= 0.3 is 5.97 Å². The molecule has 0 aromatic heterocycles. The summed E-state index contributed by atoms with van der Waals surface area (Å²) in [5.41, 5.74) is -0.103. The van der Waals surface area contributed by atoms with Crippen LogP contribution in [-0.4, -0.2) is 37.2 Å². The van der Waals surface area contributed by atoms with E-state index in [9.17, 15) is 9.59 Å². The number of ether oxygens (including phenoxy) is 2. The second-order valence-electron chi connectivity index (χ2n) is 4.00. The standard InChI is InChI=1S/C11H17NO4/c1-4-11(6-15-9(5-13)12-11)7-16-10(14)8(2)3/h5,9,12H,2,4,6-7H2,1,3H3. The van der Waals surface area contributed by atoms with E-state index in [1.165, 1.54) is 0 Å². The van der Waals surface area contributed by atoms with Crippen LogP contribution in [0.25, 0.3) is 0 Å². The fourth-order valence-electron chi connectivity index (χ4n) is 1.42. The van der Waals surface area contributed by atoms with E-state index in [0.717, 1.165) is 0 Å². The average Bonchev–Trinajstić information content (AvgIpc) is 2.70. The van der Waals surface area contributed by atoms with Crippen molar-refractivity contribution in [1.29, 1.82) is 0 Å². The van der Waals surface area contributed by atoms with E-state index in [0.29, 0.717) is 24.9 Å². The Kier molecular flexibility index (Phi) is 4.20. The third kappa shape index (κ3) is 2.90. The predicted octanol–water partition coefficient (Wildman–Crippen LogP) is 0.399. The van der Waals surface area contributed by atoms with Gasteiger partial charge in [0.1, 0.15) is 6.61 Å². The lowest BCUT2D eigenvalue weighted by Gasteiger charge is -2.25. The molecule has 0 spiro atoms. The molecular weight excluding hydrogens is 210 g/mol. The van der Waals surface area contributed by atoms with Gasteiger partial charge in [-0.1, -0.05) is 13.5 Å². The molecule has 1 N–H and O–H groups in total. The van der Waals surface area contributed by atoms with Crippen molar-refractivity contribution in [3.8, 4) is 0 Å². The van der Waals surface area contributed by atoms with Crippen molar-refractivity contribution in [3.63, 3.8) is 0 Å². The third-order valence-corrected chi connectivity index (χ3v) is 2.62. The summed E-state index contributed by atoms with van der Waals surface area (Å²) in [4.78, 5) is 21.8. The quantitative estimate of drug-likeness (QED) is 0.418. The summed E-state index contributed by atoms with van der Waals surface area (Å²) in [5.74, 6) is -0.427. The van der Waals surface area contributed by atoms with Gasteiger partial charge in [0.15, 0.2) is 12.5 Å². The van der Waals surface area contributed by atoms with Gasteiger partial charge in [0, 0.05) is 5.57 Å². The average molecular weight is 227 g/mol. The van der Waals surface area contributed by atoms with Crippen LogP contribution in [0.1, 0.15) is 20.3 Å². The Bertz CT molecular complexity index is 302. The number of esters is 1. The number of carbonyl (C=O) groups excluding carboxylic acids is 2. The summed E-state index contributed by atoms with van der Waals surface area (Å²) in [6.45, 7) is 7.57. The first-order valence-electron chi connectivity index (χ1n) is 5.20. The molecule has 0 aromatic rings. The molecule has 0 radical (unpaired) electrons. The number of rotatable bonds is 5. The SMILES string of the molecule is C=C(C)C(=O)OCC1(CC)COC(C=O)N1. The number of carbonyl (C=O) groups is 2. The molecule has 2 atom stereocenters. The molecule has 1 aliphatic rings. The van der Waals surface area contributed by atoms with Crippen LogP contribution in [0.3, 0.4) is 0 Å². The molecule has 0 bridgehead atoms. The second kappa shape index (κ2) is 5.23. The molecule has 0 amide bonds. The van der Waals surface area contributed by atoms with Gasteiger partial charge < -0.3 is 9.47 Å². The second-order valence-corrected chi connectivity index (χ2v) is 4.00. The zero-order valence-corrected chi connectivity index (χ0v) is 9.62. The molecule has 1 saturated heterocycles. The Morgan fingerprint density at radius 1 is 1.75 bits per heavy atom. The predicted molar refractivity (Wildman–Crippen MR) is 57.7 cm³/mol. The summed E-state index contributed by atoms with van der Waals surface area (Å²) >= 11 is 0. The monoisotopic (exact) mass is 227 g/mol. The minimum atomic E-state index is -0.608. The van der Waals surface area contributed by atoms with Crippen molar-refractivity contribution in [2.75, 3.05) is 13.2 Å². The summed E-state index contributed by atoms with van der Waals surface area (Å²) < 4.78 is 10.3. The van der Waals surface area contributed by atoms with Crippen molar-refractivity contribution in [2.24, 2.45) is 0 Å². The first-order chi connectivity index (χ1) is 7.53. The van der Waals surface area contributed by atoms with Crippen LogP contribution in [0.4, 0.5) is 0 Å². The van der Waals surface area contributed by atoms with Crippen LogP contribution < -0.4 is 5.32 Å². The maximum atomic E-state index is 11.2. The smallest absolute Gasteiger partial charge is 0.333 e. The van der Waals surface area contributed by atoms with Crippen molar-refractivity contribution < 1.29 is 19.1 Å². The number of nitrogens with one attached hydrogen (secondary N) is 1. The number of aldehydes is 1. The summed E-state index contributed by atoms with van der Waals surface area (Å²) in [6.07, 6.45) is 0.794. The van der Waals surface area contributed by atoms with Gasteiger partial charge in [0.2, 0.25) is 0 Å². The maximum Gasteiger partial charge on any atom is 0.333 e. The number of hydrogen-bond donors (Lipinski definition) is 1. The van der Waals surface area contributed by atoms with Gasteiger partial charge in [-0.3, -0.25) is 10.1 Å². The molecule has 2 unspecified atom stereocenters. The Morgan fingerprint density at radius 2 is 2.44 bits per heavy atom. The first-order valence-corrected chi connectivity index (χ1v) is 5.20. The van der Waals surface area contributed by atoms with E-state index >= 15 is 0 Å². The van der Waals surface area contributed by atoms with E-state index in [1.807, 2.05) is 6.92 Å². The van der Waals surface area contributed by atoms with Crippen LogP contribution in [0.15, 0.2) is 12.2 Å². The molecule has 1 aliphatic heterocycles. The van der Waals surface area contributed by atoms with E-state index in [2.05, 4.69) is 11.9 Å². The van der Waals surface area contributed by atoms with Gasteiger partial charge in [0.05, 0.1) is 12.1 Å². The van der Waals surface area contributed by atoms with Crippen molar-refractivity contribution in [3.05, 3.63) is 12.2 Å². The highest BCUT2D eigenvalue weighted by atomic mass is 16.5. The highest BCUT2D eigenvalue weighted by Crippen LogP contribution is 2.19. The first kappa shape index (κ1) is 12.9. The van der Waals surface area contributed by atoms with Crippen LogP contribution in [0, 0.1) is 0 Å². The summed E-state index contributed by atoms with van der Waals surface area (Å²) in [6, 6.07) is 0. The highest BCUT2D eigenvalue weighted by molar-refractivity contribution is 5.86. The Balaban J connectivity index is 2.52. The molecule has 0 saturated carbocycles. The van der Waals surface area contributed by atoms with E-state index < -0.39 is 17.7 Å². The third-order valence-electron chi connectivity index (χ3n) is 2.62. The zero-order valence-electron chi connectivity index (χ0n) is 9.62. The normalized spacial score (nSPS) is 28.8. The topological polar surface area (TPSA) is 64.6 Å². The largest absolute Gasteiger partial charge is 0.460 e. The molecule has 16 heavy (non-hydrogen) atoms. The van der Waals surface area contributed by atoms with Gasteiger partial charge in [0.25, 0.3) is 0 Å². The van der Waals surface area contributed by atoms with Gasteiger partial charge in [-0.2, -0.15) is 0 Å². The van der Waals surface area contributed by atoms with Crippen molar-refractivity contribution >= 4 is 12.3 Å². The van der Waals surface area contributed by atoms with Crippen molar-refractivity contribution in [1.82, 2.24) is 5.32 Å². The van der Waals surface area contributed by atoms with E-state index in [4.69, 9.17) is 9.47 Å². The number of hydrogen-bond acceptors (Lipinski definition) is 5. The molecule has 0 aromatic carbocycles. The zero-order chi connectivity index (χ0) is 12.2. The lowest BCUT2D eigenvalue weighted by Crippen LogP contribution is -2.49. The molecule has 1 fully saturated rings. The lowest BCUT2D eigenvalue weighted by molar-refractivity contribution is -0.141. The maximum absolute atomic E-state index is 11.2. The lowest BCUT2D eigenvalue weighted by atomic mass is 9.99. The molecule has 1 rings (SSSR count). The molecule has 1 heterocycles. The van der Waals surface area contributed by atoms with Gasteiger partial charge in [-0.25, -0.2) is 4.79 Å². The fourth-order valence-corrected chi connectivity index (χ4v) is 1.42. The molecular formula is C11H17NO4. The van der Waals surface area contributed by atoms with Crippen LogP contribution >= 0.6 is 0 Å². The highest BCUT2D eigenvalue weighted by Gasteiger charge is 2.39. The molecule has 5 heteroatoms. The van der Waals surface area contributed by atoms with Crippen molar-refractivity contribution in [2.45, 2.75) is 32.0 Å². The van der Waals surface area contributed by atoms with Crippen LogP contribution in [0.5, 0.6) is 0 Å². The van der Waals surface area contributed by atoms with Crippen LogP contribution in [-0.2, 0) is 19.1 Å². The fraction of sp³-hybridized carbons (Fsp3) is 0.636. The van der Waals surface area contributed by atoms with E-state index in [-0.39, 0.29) is 6.61 Å². The van der Waals surface area contributed by atoms with Gasteiger partial charge in [-0.05, 0) is 13.3 Å². The molecule has 90 valence electrons. The van der Waals surface area contributed by atoms with E-state index in [1.54, 1.807) is 6.92 Å². The Hall–Kier alpha value is -1.20. The summed E-state index contributed by atoms with van der Waals surface area (Å²) in [5, 5.41) is 3.00. The Morgan fingerprint density at radius 3 is 2.88 bits per heavy atom. The van der Waals surface area contributed by atoms with Gasteiger partial charge in [-0.15, -0.1) is 0 Å². The summed E-state index contributed by atoms with van der Waals surface area (Å²) in [7, 11) is 0.